The van der Waals surface area contributed by atoms with Gasteiger partial charge >= 0.3 is 6.09 Å². The van der Waals surface area contributed by atoms with E-state index in [0.717, 1.165) is 45.8 Å². The van der Waals surface area contributed by atoms with E-state index < -0.39 is 5.60 Å². The van der Waals surface area contributed by atoms with Crippen LogP contribution in [0, 0.1) is 5.41 Å². The lowest BCUT2D eigenvalue weighted by molar-refractivity contribution is 0.0277. The topological polar surface area (TPSA) is 60.0 Å². The van der Waals surface area contributed by atoms with Gasteiger partial charge in [-0.2, -0.15) is 0 Å². The van der Waals surface area contributed by atoms with Gasteiger partial charge in [-0.25, -0.2) is 4.79 Å². The minimum absolute atomic E-state index is 0.0387. The Kier molecular flexibility index (Phi) is 6.51. The van der Waals surface area contributed by atoms with Crippen LogP contribution in [-0.2, 0) is 14.2 Å². The largest absolute Gasteiger partial charge is 0.444 e. The van der Waals surface area contributed by atoms with E-state index in [1.54, 1.807) is 0 Å². The van der Waals surface area contributed by atoms with E-state index in [1.165, 1.54) is 0 Å². The summed E-state index contributed by atoms with van der Waals surface area (Å²) in [6, 6.07) is 0.278. The van der Waals surface area contributed by atoms with Crippen LogP contribution >= 0.6 is 0 Å². The minimum Gasteiger partial charge on any atom is -0.444 e. The summed E-state index contributed by atoms with van der Waals surface area (Å²) < 4.78 is 16.6. The molecular formula is C18H34N2O4. The molecule has 1 amide bonds. The van der Waals surface area contributed by atoms with Crippen molar-refractivity contribution in [3.63, 3.8) is 0 Å². The third kappa shape index (κ3) is 5.90. The molecule has 0 saturated carbocycles. The standard InChI is InChI=1S/C18H34N2O4/c1-17(2,3)24-16(21)20-11-15(18(4,5)13-20)19-8-6-9-23-14-7-10-22-12-14/h14-15,19H,6-13H2,1-5H3. The van der Waals surface area contributed by atoms with E-state index in [1.807, 2.05) is 25.7 Å². The molecule has 0 aromatic heterocycles. The molecule has 0 bridgehead atoms. The molecule has 6 nitrogen and oxygen atoms in total. The zero-order valence-corrected chi connectivity index (χ0v) is 15.9. The minimum atomic E-state index is -0.450. The van der Waals surface area contributed by atoms with Crippen molar-refractivity contribution >= 4 is 6.09 Å². The van der Waals surface area contributed by atoms with Crippen molar-refractivity contribution in [3.05, 3.63) is 0 Å². The van der Waals surface area contributed by atoms with Gasteiger partial charge in [0.05, 0.1) is 12.7 Å². The van der Waals surface area contributed by atoms with E-state index in [4.69, 9.17) is 14.2 Å². The van der Waals surface area contributed by atoms with Crippen molar-refractivity contribution in [3.8, 4) is 0 Å². The van der Waals surface area contributed by atoms with Crippen molar-refractivity contribution in [2.75, 3.05) is 39.5 Å². The van der Waals surface area contributed by atoms with Crippen molar-refractivity contribution in [1.29, 1.82) is 0 Å². The Morgan fingerprint density at radius 1 is 1.38 bits per heavy atom. The first-order valence-electron chi connectivity index (χ1n) is 9.08. The maximum atomic E-state index is 12.3. The van der Waals surface area contributed by atoms with Crippen LogP contribution in [0.2, 0.25) is 0 Å². The van der Waals surface area contributed by atoms with Crippen molar-refractivity contribution in [2.24, 2.45) is 5.41 Å². The second-order valence-electron chi connectivity index (χ2n) is 8.57. The van der Waals surface area contributed by atoms with E-state index in [9.17, 15) is 4.79 Å². The highest BCUT2D eigenvalue weighted by Crippen LogP contribution is 2.30. The molecule has 24 heavy (non-hydrogen) atoms. The Bertz CT molecular complexity index is 414. The lowest BCUT2D eigenvalue weighted by Crippen LogP contribution is -2.42. The van der Waals surface area contributed by atoms with Crippen LogP contribution in [0.5, 0.6) is 0 Å². The first kappa shape index (κ1) is 19.5. The first-order valence-corrected chi connectivity index (χ1v) is 9.08. The highest BCUT2D eigenvalue weighted by atomic mass is 16.6. The number of likely N-dealkylation sites (tertiary alicyclic amines) is 1. The van der Waals surface area contributed by atoms with Crippen LogP contribution in [-0.4, -0.2) is 68.2 Å². The average Bonchev–Trinajstić information content (AvgIpc) is 3.04. The maximum absolute atomic E-state index is 12.3. The molecule has 2 fully saturated rings. The second kappa shape index (κ2) is 8.02. The summed E-state index contributed by atoms with van der Waals surface area (Å²) in [7, 11) is 0. The summed E-state index contributed by atoms with van der Waals surface area (Å²) in [5.74, 6) is 0. The lowest BCUT2D eigenvalue weighted by atomic mass is 9.88. The molecule has 0 aromatic rings. The summed E-state index contributed by atoms with van der Waals surface area (Å²) in [6.45, 7) is 14.7. The van der Waals surface area contributed by atoms with Crippen LogP contribution < -0.4 is 5.32 Å². The maximum Gasteiger partial charge on any atom is 0.410 e. The van der Waals surface area contributed by atoms with Gasteiger partial charge in [-0.1, -0.05) is 13.8 Å². The Labute approximate surface area is 146 Å². The van der Waals surface area contributed by atoms with Gasteiger partial charge in [0.15, 0.2) is 0 Å². The smallest absolute Gasteiger partial charge is 0.410 e. The number of rotatable bonds is 6. The van der Waals surface area contributed by atoms with Crippen LogP contribution in [0.3, 0.4) is 0 Å². The monoisotopic (exact) mass is 342 g/mol. The van der Waals surface area contributed by atoms with Crippen molar-refractivity contribution in [2.45, 2.75) is 65.2 Å². The highest BCUT2D eigenvalue weighted by Gasteiger charge is 2.42. The van der Waals surface area contributed by atoms with Crippen LogP contribution in [0.4, 0.5) is 4.79 Å². The normalized spacial score (nSPS) is 26.8. The molecule has 0 spiro atoms. The van der Waals surface area contributed by atoms with Crippen molar-refractivity contribution in [1.82, 2.24) is 10.2 Å². The molecule has 2 heterocycles. The van der Waals surface area contributed by atoms with Crippen LogP contribution in [0.25, 0.3) is 0 Å². The van der Waals surface area contributed by atoms with E-state index in [2.05, 4.69) is 19.2 Å². The summed E-state index contributed by atoms with van der Waals surface area (Å²) in [4.78, 5) is 14.1. The Morgan fingerprint density at radius 2 is 2.12 bits per heavy atom. The van der Waals surface area contributed by atoms with Gasteiger partial charge in [0.2, 0.25) is 0 Å². The lowest BCUT2D eigenvalue weighted by Gasteiger charge is -2.26. The molecule has 0 aliphatic carbocycles. The summed E-state index contributed by atoms with van der Waals surface area (Å²) in [5, 5.41) is 3.58. The summed E-state index contributed by atoms with van der Waals surface area (Å²) in [5.41, 5.74) is -0.412. The molecular weight excluding hydrogens is 308 g/mol. The van der Waals surface area contributed by atoms with Gasteiger partial charge in [0.25, 0.3) is 0 Å². The number of hydrogen-bond acceptors (Lipinski definition) is 5. The predicted molar refractivity (Wildman–Crippen MR) is 93.2 cm³/mol. The van der Waals surface area contributed by atoms with E-state index >= 15 is 0 Å². The van der Waals surface area contributed by atoms with Gasteiger partial charge < -0.3 is 24.4 Å². The van der Waals surface area contributed by atoms with Crippen molar-refractivity contribution < 1.29 is 19.0 Å². The SMILES string of the molecule is CC(C)(C)OC(=O)N1CC(NCCCOC2CCOC2)C(C)(C)C1. The van der Waals surface area contributed by atoms with E-state index in [-0.39, 0.29) is 23.7 Å². The Hall–Kier alpha value is -0.850. The van der Waals surface area contributed by atoms with Gasteiger partial charge in [-0.15, -0.1) is 0 Å². The number of carbonyl (C=O) groups excluding carboxylic acids is 1. The zero-order valence-electron chi connectivity index (χ0n) is 15.9. The fourth-order valence-corrected chi connectivity index (χ4v) is 3.18. The average molecular weight is 342 g/mol. The molecule has 2 atom stereocenters. The zero-order chi connectivity index (χ0) is 17.8. The molecule has 2 saturated heterocycles. The molecule has 2 unspecified atom stereocenters. The number of nitrogens with one attached hydrogen (secondary N) is 1. The second-order valence-corrected chi connectivity index (χ2v) is 8.57. The molecule has 6 heteroatoms. The van der Waals surface area contributed by atoms with Crippen LogP contribution in [0.15, 0.2) is 0 Å². The number of nitrogens with zero attached hydrogens (tertiary/aromatic N) is 1. The summed E-state index contributed by atoms with van der Waals surface area (Å²) >= 11 is 0. The van der Waals surface area contributed by atoms with Gasteiger partial charge in [0, 0.05) is 32.3 Å². The summed E-state index contributed by atoms with van der Waals surface area (Å²) in [6.07, 6.45) is 2.03. The van der Waals surface area contributed by atoms with E-state index in [0.29, 0.717) is 6.54 Å². The number of amides is 1. The number of ether oxygens (including phenoxy) is 3. The molecule has 140 valence electrons. The Balaban J connectivity index is 1.69. The van der Waals surface area contributed by atoms with Crippen LogP contribution in [0.1, 0.15) is 47.5 Å². The quantitative estimate of drug-likeness (QED) is 0.751. The fraction of sp³-hybridized carbons (Fsp3) is 0.944. The molecule has 2 aliphatic rings. The number of carbonyl (C=O) groups is 1. The molecule has 2 aliphatic heterocycles. The third-order valence-electron chi connectivity index (χ3n) is 4.55. The molecule has 0 radical (unpaired) electrons. The molecule has 2 rings (SSSR count). The molecule has 0 aromatic carbocycles. The van der Waals surface area contributed by atoms with Gasteiger partial charge in [-0.05, 0) is 45.6 Å². The van der Waals surface area contributed by atoms with Gasteiger partial charge in [0.1, 0.15) is 5.60 Å². The first-order chi connectivity index (χ1) is 11.2. The Morgan fingerprint density at radius 3 is 2.75 bits per heavy atom. The third-order valence-corrected chi connectivity index (χ3v) is 4.55. The molecule has 1 N–H and O–H groups in total. The van der Waals surface area contributed by atoms with Gasteiger partial charge in [-0.3, -0.25) is 0 Å². The predicted octanol–water partition coefficient (Wildman–Crippen LogP) is 2.42. The fourth-order valence-electron chi connectivity index (χ4n) is 3.18. The number of hydrogen-bond donors (Lipinski definition) is 1. The highest BCUT2D eigenvalue weighted by molar-refractivity contribution is 5.68.